The van der Waals surface area contributed by atoms with E-state index in [1.165, 1.54) is 0 Å². The standard InChI is InChI=1S/C15H18N4O/c16-10-15(5-2-6-15)14(20)18-12-3-1-4-13(9-12)19-8-7-17-11-19/h1,3-4,7-9,11H,2,5-6,10,16H2,(H,18,20). The SMILES string of the molecule is NCC1(C(=O)Nc2cccc(-n3ccnc3)c2)CCC1. The fourth-order valence-corrected chi connectivity index (χ4v) is 2.55. The Morgan fingerprint density at radius 1 is 1.45 bits per heavy atom. The summed E-state index contributed by atoms with van der Waals surface area (Å²) in [6.07, 6.45) is 8.18. The van der Waals surface area contributed by atoms with Gasteiger partial charge in [-0.15, -0.1) is 0 Å². The van der Waals surface area contributed by atoms with Crippen LogP contribution in [0.1, 0.15) is 19.3 Å². The van der Waals surface area contributed by atoms with E-state index in [-0.39, 0.29) is 11.3 Å². The molecule has 104 valence electrons. The maximum Gasteiger partial charge on any atom is 0.231 e. The molecule has 1 aliphatic rings. The van der Waals surface area contributed by atoms with Crippen LogP contribution in [0.3, 0.4) is 0 Å². The Morgan fingerprint density at radius 3 is 2.90 bits per heavy atom. The molecule has 1 saturated carbocycles. The average Bonchev–Trinajstić information content (AvgIpc) is 2.92. The van der Waals surface area contributed by atoms with Crippen molar-refractivity contribution < 1.29 is 4.79 Å². The van der Waals surface area contributed by atoms with Gasteiger partial charge in [0, 0.05) is 30.3 Å². The van der Waals surface area contributed by atoms with Crippen molar-refractivity contribution in [2.45, 2.75) is 19.3 Å². The number of carbonyl (C=O) groups is 1. The molecule has 5 nitrogen and oxygen atoms in total. The number of imidazole rings is 1. The average molecular weight is 270 g/mol. The summed E-state index contributed by atoms with van der Waals surface area (Å²) in [5, 5.41) is 2.99. The third-order valence-corrected chi connectivity index (χ3v) is 4.09. The van der Waals surface area contributed by atoms with Crippen LogP contribution < -0.4 is 11.1 Å². The van der Waals surface area contributed by atoms with E-state index in [0.29, 0.717) is 6.54 Å². The smallest absolute Gasteiger partial charge is 0.231 e. The molecule has 0 saturated heterocycles. The number of nitrogens with one attached hydrogen (secondary N) is 1. The minimum absolute atomic E-state index is 0.0361. The molecule has 0 spiro atoms. The van der Waals surface area contributed by atoms with Gasteiger partial charge in [-0.1, -0.05) is 12.5 Å². The van der Waals surface area contributed by atoms with E-state index in [9.17, 15) is 4.79 Å². The normalized spacial score (nSPS) is 16.4. The van der Waals surface area contributed by atoms with E-state index in [1.54, 1.807) is 12.5 Å². The van der Waals surface area contributed by atoms with Gasteiger partial charge in [-0.3, -0.25) is 4.79 Å². The Labute approximate surface area is 117 Å². The second kappa shape index (κ2) is 5.09. The van der Waals surface area contributed by atoms with Gasteiger partial charge in [-0.25, -0.2) is 4.98 Å². The summed E-state index contributed by atoms with van der Waals surface area (Å²) in [5.41, 5.74) is 7.16. The molecular formula is C15H18N4O. The zero-order chi connectivity index (χ0) is 14.0. The number of hydrogen-bond donors (Lipinski definition) is 2. The van der Waals surface area contributed by atoms with Crippen molar-refractivity contribution in [3.8, 4) is 5.69 Å². The van der Waals surface area contributed by atoms with Gasteiger partial charge >= 0.3 is 0 Å². The summed E-state index contributed by atoms with van der Waals surface area (Å²) in [5.74, 6) is 0.0361. The van der Waals surface area contributed by atoms with E-state index in [0.717, 1.165) is 30.6 Å². The fourth-order valence-electron chi connectivity index (χ4n) is 2.55. The number of carbonyl (C=O) groups excluding carboxylic acids is 1. The first-order chi connectivity index (χ1) is 9.73. The lowest BCUT2D eigenvalue weighted by Crippen LogP contribution is -2.47. The van der Waals surface area contributed by atoms with E-state index in [2.05, 4.69) is 10.3 Å². The Morgan fingerprint density at radius 2 is 2.30 bits per heavy atom. The molecule has 0 radical (unpaired) electrons. The quantitative estimate of drug-likeness (QED) is 0.891. The second-order valence-electron chi connectivity index (χ2n) is 5.31. The number of nitrogens with two attached hydrogens (primary N) is 1. The molecule has 0 bridgehead atoms. The van der Waals surface area contributed by atoms with Crippen LogP contribution >= 0.6 is 0 Å². The maximum atomic E-state index is 12.3. The van der Waals surface area contributed by atoms with Crippen LogP contribution in [0.2, 0.25) is 0 Å². The van der Waals surface area contributed by atoms with Crippen molar-refractivity contribution in [3.05, 3.63) is 43.0 Å². The first kappa shape index (κ1) is 12.9. The Balaban J connectivity index is 1.78. The lowest BCUT2D eigenvalue weighted by molar-refractivity contribution is -0.129. The minimum atomic E-state index is -0.356. The van der Waals surface area contributed by atoms with Gasteiger partial charge in [-0.2, -0.15) is 0 Å². The van der Waals surface area contributed by atoms with E-state index < -0.39 is 0 Å². The predicted molar refractivity (Wildman–Crippen MR) is 77.5 cm³/mol. The van der Waals surface area contributed by atoms with Gasteiger partial charge in [0.2, 0.25) is 5.91 Å². The molecule has 1 amide bonds. The molecule has 0 aliphatic heterocycles. The van der Waals surface area contributed by atoms with Gasteiger partial charge < -0.3 is 15.6 Å². The molecule has 3 rings (SSSR count). The van der Waals surface area contributed by atoms with Crippen molar-refractivity contribution in [3.63, 3.8) is 0 Å². The third-order valence-electron chi connectivity index (χ3n) is 4.09. The molecule has 0 unspecified atom stereocenters. The van der Waals surface area contributed by atoms with Gasteiger partial charge in [0.05, 0.1) is 11.7 Å². The number of amides is 1. The summed E-state index contributed by atoms with van der Waals surface area (Å²) in [4.78, 5) is 16.4. The van der Waals surface area contributed by atoms with Gasteiger partial charge in [0.1, 0.15) is 0 Å². The molecule has 1 aromatic heterocycles. The van der Waals surface area contributed by atoms with Gasteiger partial charge in [0.25, 0.3) is 0 Å². The highest BCUT2D eigenvalue weighted by molar-refractivity contribution is 5.96. The van der Waals surface area contributed by atoms with Crippen LogP contribution in [0, 0.1) is 5.41 Å². The molecule has 0 atom stereocenters. The number of hydrogen-bond acceptors (Lipinski definition) is 3. The summed E-state index contributed by atoms with van der Waals surface area (Å²) >= 11 is 0. The van der Waals surface area contributed by atoms with E-state index in [1.807, 2.05) is 35.0 Å². The zero-order valence-electron chi connectivity index (χ0n) is 11.2. The lowest BCUT2D eigenvalue weighted by atomic mass is 9.68. The molecule has 3 N–H and O–H groups in total. The largest absolute Gasteiger partial charge is 0.329 e. The molecule has 1 aromatic carbocycles. The third kappa shape index (κ3) is 2.20. The fraction of sp³-hybridized carbons (Fsp3) is 0.333. The first-order valence-corrected chi connectivity index (χ1v) is 6.83. The van der Waals surface area contributed by atoms with Crippen LogP contribution in [0.5, 0.6) is 0 Å². The van der Waals surface area contributed by atoms with Crippen molar-refractivity contribution in [2.24, 2.45) is 11.1 Å². The van der Waals surface area contributed by atoms with Gasteiger partial charge in [-0.05, 0) is 31.0 Å². The monoisotopic (exact) mass is 270 g/mol. The summed E-state index contributed by atoms with van der Waals surface area (Å²) in [6.45, 7) is 0.417. The number of benzene rings is 1. The maximum absolute atomic E-state index is 12.3. The van der Waals surface area contributed by atoms with E-state index >= 15 is 0 Å². The van der Waals surface area contributed by atoms with Crippen molar-refractivity contribution in [1.82, 2.24) is 9.55 Å². The van der Waals surface area contributed by atoms with Crippen LogP contribution in [-0.2, 0) is 4.79 Å². The second-order valence-corrected chi connectivity index (χ2v) is 5.31. The predicted octanol–water partition coefficient (Wildman–Crippen LogP) is 1.94. The van der Waals surface area contributed by atoms with Crippen LogP contribution in [-0.4, -0.2) is 22.0 Å². The van der Waals surface area contributed by atoms with E-state index in [4.69, 9.17) is 5.73 Å². The number of rotatable bonds is 4. The molecule has 20 heavy (non-hydrogen) atoms. The Bertz CT molecular complexity index is 597. The summed E-state index contributed by atoms with van der Waals surface area (Å²) < 4.78 is 1.90. The number of anilines is 1. The Hall–Kier alpha value is -2.14. The zero-order valence-corrected chi connectivity index (χ0v) is 11.2. The highest BCUT2D eigenvalue weighted by Gasteiger charge is 2.42. The Kier molecular flexibility index (Phi) is 3.28. The topological polar surface area (TPSA) is 72.9 Å². The van der Waals surface area contributed by atoms with Crippen molar-refractivity contribution in [2.75, 3.05) is 11.9 Å². The van der Waals surface area contributed by atoms with Gasteiger partial charge in [0.15, 0.2) is 0 Å². The number of aromatic nitrogens is 2. The minimum Gasteiger partial charge on any atom is -0.329 e. The molecule has 5 heteroatoms. The summed E-state index contributed by atoms with van der Waals surface area (Å²) in [7, 11) is 0. The highest BCUT2D eigenvalue weighted by atomic mass is 16.2. The highest BCUT2D eigenvalue weighted by Crippen LogP contribution is 2.40. The summed E-state index contributed by atoms with van der Waals surface area (Å²) in [6, 6.07) is 7.71. The number of nitrogens with zero attached hydrogens (tertiary/aromatic N) is 2. The molecule has 1 aliphatic carbocycles. The van der Waals surface area contributed by atoms with Crippen molar-refractivity contribution in [1.29, 1.82) is 0 Å². The molecule has 2 aromatic rings. The van der Waals surface area contributed by atoms with Crippen LogP contribution in [0.15, 0.2) is 43.0 Å². The lowest BCUT2D eigenvalue weighted by Gasteiger charge is -2.39. The molecule has 1 fully saturated rings. The van der Waals surface area contributed by atoms with Crippen molar-refractivity contribution >= 4 is 11.6 Å². The molecule has 1 heterocycles. The van der Waals surface area contributed by atoms with Crippen LogP contribution in [0.4, 0.5) is 5.69 Å². The molecular weight excluding hydrogens is 252 g/mol. The van der Waals surface area contributed by atoms with Crippen LogP contribution in [0.25, 0.3) is 5.69 Å². The first-order valence-electron chi connectivity index (χ1n) is 6.83.